The second kappa shape index (κ2) is 6.00. The number of benzene rings is 2. The van der Waals surface area contributed by atoms with Gasteiger partial charge in [-0.15, -0.1) is 0 Å². The van der Waals surface area contributed by atoms with Crippen LogP contribution in [0.2, 0.25) is 5.02 Å². The van der Waals surface area contributed by atoms with Gasteiger partial charge in [0, 0.05) is 16.3 Å². The van der Waals surface area contributed by atoms with Crippen LogP contribution in [0.4, 0.5) is 11.4 Å². The molecule has 3 nitrogen and oxygen atoms in total. The molecule has 0 radical (unpaired) electrons. The summed E-state index contributed by atoms with van der Waals surface area (Å²) in [6.45, 7) is 0.543. The van der Waals surface area contributed by atoms with Gasteiger partial charge in [0.1, 0.15) is 0 Å². The molecule has 0 aromatic heterocycles. The zero-order valence-corrected chi connectivity index (χ0v) is 13.1. The highest BCUT2D eigenvalue weighted by Crippen LogP contribution is 2.50. The lowest BCUT2D eigenvalue weighted by molar-refractivity contribution is -0.140. The van der Waals surface area contributed by atoms with Gasteiger partial charge in [0.05, 0.1) is 29.9 Å². The third kappa shape index (κ3) is 2.74. The lowest BCUT2D eigenvalue weighted by Gasteiger charge is -2.33. The van der Waals surface area contributed by atoms with Gasteiger partial charge in [0.2, 0.25) is 0 Å². The average molecular weight is 320 g/mol. The Morgan fingerprint density at radius 2 is 1.95 bits per heavy atom. The Morgan fingerprint density at radius 1 is 1.19 bits per heavy atom. The highest BCUT2D eigenvalue weighted by molar-refractivity contribution is 7.99. The summed E-state index contributed by atoms with van der Waals surface area (Å²) in [5, 5.41) is 0.694. The van der Waals surface area contributed by atoms with Crippen molar-refractivity contribution in [3.05, 3.63) is 47.5 Å². The topological polar surface area (TPSA) is 29.5 Å². The Morgan fingerprint density at radius 3 is 2.76 bits per heavy atom. The monoisotopic (exact) mass is 319 g/mol. The van der Waals surface area contributed by atoms with Gasteiger partial charge in [-0.25, -0.2) is 0 Å². The molecule has 0 amide bonds. The number of anilines is 2. The number of methoxy groups -OCH3 is 1. The summed E-state index contributed by atoms with van der Waals surface area (Å²) < 4.78 is 4.74. The van der Waals surface area contributed by atoms with Crippen molar-refractivity contribution in [2.75, 3.05) is 18.6 Å². The quantitative estimate of drug-likeness (QED) is 0.779. The van der Waals surface area contributed by atoms with Crippen LogP contribution >= 0.6 is 23.4 Å². The van der Waals surface area contributed by atoms with Crippen LogP contribution in [0.1, 0.15) is 6.42 Å². The van der Waals surface area contributed by atoms with E-state index < -0.39 is 0 Å². The van der Waals surface area contributed by atoms with E-state index >= 15 is 0 Å². The molecule has 0 saturated carbocycles. The van der Waals surface area contributed by atoms with Crippen molar-refractivity contribution >= 4 is 40.7 Å². The molecule has 2 aromatic carbocycles. The summed E-state index contributed by atoms with van der Waals surface area (Å²) in [7, 11) is 1.41. The Hall–Kier alpha value is -1.65. The molecule has 0 saturated heterocycles. The fourth-order valence-corrected chi connectivity index (χ4v) is 3.84. The Kier molecular flexibility index (Phi) is 4.08. The van der Waals surface area contributed by atoms with Crippen LogP contribution in [0.3, 0.4) is 0 Å². The van der Waals surface area contributed by atoms with E-state index in [1.54, 1.807) is 11.8 Å². The third-order valence-electron chi connectivity index (χ3n) is 3.36. The number of fused-ring (bicyclic) bond motifs is 2. The molecule has 2 aromatic rings. The van der Waals surface area contributed by atoms with E-state index in [0.29, 0.717) is 18.0 Å². The van der Waals surface area contributed by atoms with Gasteiger partial charge in [0.25, 0.3) is 0 Å². The van der Waals surface area contributed by atoms with Crippen molar-refractivity contribution in [1.29, 1.82) is 0 Å². The molecule has 0 spiro atoms. The van der Waals surface area contributed by atoms with Crippen LogP contribution in [0.15, 0.2) is 52.3 Å². The summed E-state index contributed by atoms with van der Waals surface area (Å²) in [4.78, 5) is 15.8. The third-order valence-corrected chi connectivity index (χ3v) is 4.78. The molecule has 3 rings (SSSR count). The lowest BCUT2D eigenvalue weighted by Crippen LogP contribution is -2.24. The number of carbonyl (C=O) groups is 1. The molecule has 0 fully saturated rings. The van der Waals surface area contributed by atoms with Crippen LogP contribution in [0, 0.1) is 0 Å². The maximum Gasteiger partial charge on any atom is 0.307 e. The van der Waals surface area contributed by atoms with Gasteiger partial charge in [-0.2, -0.15) is 0 Å². The number of ether oxygens (including phenoxy) is 1. The normalized spacial score (nSPS) is 12.6. The molecular formula is C16H14ClNO2S. The second-order valence-electron chi connectivity index (χ2n) is 4.63. The van der Waals surface area contributed by atoms with Crippen molar-refractivity contribution in [3.63, 3.8) is 0 Å². The fourth-order valence-electron chi connectivity index (χ4n) is 2.38. The molecule has 21 heavy (non-hydrogen) atoms. The summed E-state index contributed by atoms with van der Waals surface area (Å²) in [5.74, 6) is -0.223. The van der Waals surface area contributed by atoms with Crippen LogP contribution in [0.25, 0.3) is 0 Å². The molecule has 0 N–H and O–H groups in total. The van der Waals surface area contributed by atoms with Gasteiger partial charge in [-0.05, 0) is 24.3 Å². The van der Waals surface area contributed by atoms with E-state index in [0.717, 1.165) is 21.2 Å². The molecule has 1 heterocycles. The van der Waals surface area contributed by atoms with Crippen molar-refractivity contribution in [3.8, 4) is 0 Å². The van der Waals surface area contributed by atoms with Crippen LogP contribution < -0.4 is 4.90 Å². The van der Waals surface area contributed by atoms with E-state index in [1.807, 2.05) is 36.4 Å². The summed E-state index contributed by atoms with van der Waals surface area (Å²) in [6.07, 6.45) is 0.320. The zero-order chi connectivity index (χ0) is 14.8. The number of hydrogen-bond acceptors (Lipinski definition) is 4. The average Bonchev–Trinajstić information content (AvgIpc) is 2.51. The predicted molar refractivity (Wildman–Crippen MR) is 85.7 cm³/mol. The molecule has 0 aliphatic carbocycles. The van der Waals surface area contributed by atoms with Gasteiger partial charge in [-0.3, -0.25) is 4.79 Å². The molecule has 5 heteroatoms. The van der Waals surface area contributed by atoms with E-state index in [2.05, 4.69) is 11.0 Å². The molecule has 1 aliphatic heterocycles. The van der Waals surface area contributed by atoms with Crippen molar-refractivity contribution in [1.82, 2.24) is 0 Å². The summed E-state index contributed by atoms with van der Waals surface area (Å²) in [6, 6.07) is 14.0. The maximum atomic E-state index is 11.5. The number of carbonyl (C=O) groups excluding carboxylic acids is 1. The first-order valence-corrected chi connectivity index (χ1v) is 7.80. The second-order valence-corrected chi connectivity index (χ2v) is 6.13. The van der Waals surface area contributed by atoms with E-state index in [-0.39, 0.29) is 5.97 Å². The molecule has 0 unspecified atom stereocenters. The van der Waals surface area contributed by atoms with E-state index in [4.69, 9.17) is 16.3 Å². The van der Waals surface area contributed by atoms with Gasteiger partial charge in [0.15, 0.2) is 0 Å². The smallest absolute Gasteiger partial charge is 0.307 e. The van der Waals surface area contributed by atoms with Gasteiger partial charge >= 0.3 is 5.97 Å². The summed E-state index contributed by atoms with van der Waals surface area (Å²) in [5.41, 5.74) is 2.04. The first-order chi connectivity index (χ1) is 10.2. The summed E-state index contributed by atoms with van der Waals surface area (Å²) >= 11 is 8.08. The Bertz CT molecular complexity index is 690. The SMILES string of the molecule is COC(=O)CCN1c2ccccc2Sc2cccc(Cl)c21. The molecular weight excluding hydrogens is 306 g/mol. The van der Waals surface area contributed by atoms with Crippen LogP contribution in [-0.2, 0) is 9.53 Å². The number of rotatable bonds is 3. The molecule has 0 atom stereocenters. The van der Waals surface area contributed by atoms with Crippen molar-refractivity contribution in [2.45, 2.75) is 16.2 Å². The molecule has 0 bridgehead atoms. The molecule has 1 aliphatic rings. The number of halogens is 1. The molecule has 108 valence electrons. The number of esters is 1. The minimum atomic E-state index is -0.223. The number of nitrogens with zero attached hydrogens (tertiary/aromatic N) is 1. The first-order valence-electron chi connectivity index (χ1n) is 6.60. The Labute approximate surface area is 132 Å². The first kappa shape index (κ1) is 14.3. The van der Waals surface area contributed by atoms with Crippen molar-refractivity contribution in [2.24, 2.45) is 0 Å². The van der Waals surface area contributed by atoms with E-state index in [1.165, 1.54) is 7.11 Å². The van der Waals surface area contributed by atoms with Crippen LogP contribution in [-0.4, -0.2) is 19.6 Å². The predicted octanol–water partition coefficient (Wildman–Crippen LogP) is 4.51. The largest absolute Gasteiger partial charge is 0.469 e. The van der Waals surface area contributed by atoms with Gasteiger partial charge < -0.3 is 9.64 Å². The number of para-hydroxylation sites is 2. The van der Waals surface area contributed by atoms with Gasteiger partial charge in [-0.1, -0.05) is 41.6 Å². The minimum Gasteiger partial charge on any atom is -0.469 e. The number of hydrogen-bond donors (Lipinski definition) is 0. The fraction of sp³-hybridized carbons (Fsp3) is 0.188. The minimum absolute atomic E-state index is 0.223. The van der Waals surface area contributed by atoms with E-state index in [9.17, 15) is 4.79 Å². The van der Waals surface area contributed by atoms with Crippen molar-refractivity contribution < 1.29 is 9.53 Å². The standard InChI is InChI=1S/C16H14ClNO2S/c1-20-15(19)9-10-18-12-6-2-3-7-13(12)21-14-8-4-5-11(17)16(14)18/h2-8H,9-10H2,1H3. The Balaban J connectivity index is 2.03. The van der Waals surface area contributed by atoms with Crippen LogP contribution in [0.5, 0.6) is 0 Å². The highest BCUT2D eigenvalue weighted by atomic mass is 35.5. The zero-order valence-electron chi connectivity index (χ0n) is 11.5. The lowest BCUT2D eigenvalue weighted by atomic mass is 10.2. The highest BCUT2D eigenvalue weighted by Gasteiger charge is 2.25. The maximum absolute atomic E-state index is 11.5.